The van der Waals surface area contributed by atoms with Crippen LogP contribution < -0.4 is 11.1 Å². The number of carbonyl (C=O) groups is 2. The van der Waals surface area contributed by atoms with Crippen LogP contribution in [-0.4, -0.2) is 36.3 Å². The van der Waals surface area contributed by atoms with Gasteiger partial charge in [-0.2, -0.15) is 0 Å². The van der Waals surface area contributed by atoms with Crippen LogP contribution in [0.2, 0.25) is 0 Å². The van der Waals surface area contributed by atoms with Crippen molar-refractivity contribution in [1.82, 2.24) is 10.2 Å². The lowest BCUT2D eigenvalue weighted by molar-refractivity contribution is -0.123. The van der Waals surface area contributed by atoms with Crippen LogP contribution in [-0.2, 0) is 22.6 Å². The number of benzene rings is 1. The Bertz CT molecular complexity index is 629. The minimum absolute atomic E-state index is 0.0352. The van der Waals surface area contributed by atoms with Gasteiger partial charge in [-0.25, -0.2) is 0 Å². The molecule has 2 amide bonds. The van der Waals surface area contributed by atoms with E-state index in [4.69, 9.17) is 5.73 Å². The topological polar surface area (TPSA) is 75.4 Å². The Hall–Kier alpha value is -2.18. The van der Waals surface area contributed by atoms with Crippen LogP contribution in [0.3, 0.4) is 0 Å². The number of nitrogens with two attached hydrogens (primary N) is 1. The number of hydrogen-bond donors (Lipinski definition) is 2. The number of nitrogens with one attached hydrogen (secondary N) is 1. The molecular formula is C18H23N3O2S. The van der Waals surface area contributed by atoms with Gasteiger partial charge in [0.1, 0.15) is 0 Å². The molecule has 2 aromatic rings. The monoisotopic (exact) mass is 345 g/mol. The molecule has 5 nitrogen and oxygen atoms in total. The molecule has 3 N–H and O–H groups in total. The highest BCUT2D eigenvalue weighted by molar-refractivity contribution is 7.09. The average Bonchev–Trinajstić information content (AvgIpc) is 3.07. The molecule has 0 spiro atoms. The Kier molecular flexibility index (Phi) is 7.45. The second-order valence-corrected chi connectivity index (χ2v) is 6.62. The van der Waals surface area contributed by atoms with Crippen LogP contribution in [0, 0.1) is 0 Å². The van der Waals surface area contributed by atoms with Gasteiger partial charge in [-0.3, -0.25) is 14.5 Å². The van der Waals surface area contributed by atoms with Gasteiger partial charge in [0.05, 0.1) is 6.54 Å². The summed E-state index contributed by atoms with van der Waals surface area (Å²) in [4.78, 5) is 26.4. The van der Waals surface area contributed by atoms with Crippen molar-refractivity contribution in [2.45, 2.75) is 19.4 Å². The number of thiophene rings is 1. The SMILES string of the molecule is NC(=O)CCN(CC(=O)NCCc1cccs1)Cc1ccccc1. The molecule has 0 aliphatic carbocycles. The summed E-state index contributed by atoms with van der Waals surface area (Å²) in [6, 6.07) is 14.0. The highest BCUT2D eigenvalue weighted by atomic mass is 32.1. The van der Waals surface area contributed by atoms with Gasteiger partial charge in [-0.15, -0.1) is 11.3 Å². The summed E-state index contributed by atoms with van der Waals surface area (Å²) < 4.78 is 0. The van der Waals surface area contributed by atoms with E-state index in [1.54, 1.807) is 11.3 Å². The molecule has 0 atom stereocenters. The highest BCUT2D eigenvalue weighted by Crippen LogP contribution is 2.08. The van der Waals surface area contributed by atoms with E-state index < -0.39 is 0 Å². The lowest BCUT2D eigenvalue weighted by Gasteiger charge is -2.21. The van der Waals surface area contributed by atoms with Crippen molar-refractivity contribution in [3.8, 4) is 0 Å². The molecular weight excluding hydrogens is 322 g/mol. The van der Waals surface area contributed by atoms with Crippen molar-refractivity contribution in [3.05, 3.63) is 58.3 Å². The molecule has 2 rings (SSSR count). The molecule has 0 bridgehead atoms. The second-order valence-electron chi connectivity index (χ2n) is 5.59. The Morgan fingerprint density at radius 3 is 2.58 bits per heavy atom. The van der Waals surface area contributed by atoms with Crippen molar-refractivity contribution < 1.29 is 9.59 Å². The number of rotatable bonds is 10. The van der Waals surface area contributed by atoms with Crippen molar-refractivity contribution in [2.75, 3.05) is 19.6 Å². The lowest BCUT2D eigenvalue weighted by Crippen LogP contribution is -2.39. The summed E-state index contributed by atoms with van der Waals surface area (Å²) in [6.07, 6.45) is 1.08. The zero-order valence-corrected chi connectivity index (χ0v) is 14.4. The van der Waals surface area contributed by atoms with E-state index in [-0.39, 0.29) is 24.8 Å². The van der Waals surface area contributed by atoms with Crippen molar-refractivity contribution in [2.24, 2.45) is 5.73 Å². The molecule has 24 heavy (non-hydrogen) atoms. The zero-order chi connectivity index (χ0) is 17.2. The van der Waals surface area contributed by atoms with Gasteiger partial charge in [0.15, 0.2) is 0 Å². The predicted octanol–water partition coefficient (Wildman–Crippen LogP) is 1.78. The first-order valence-electron chi connectivity index (χ1n) is 7.97. The normalized spacial score (nSPS) is 10.7. The molecule has 128 valence electrons. The van der Waals surface area contributed by atoms with Gasteiger partial charge < -0.3 is 11.1 Å². The zero-order valence-electron chi connectivity index (χ0n) is 13.6. The van der Waals surface area contributed by atoms with Gasteiger partial charge in [-0.05, 0) is 23.4 Å². The molecule has 0 fully saturated rings. The van der Waals surface area contributed by atoms with E-state index in [9.17, 15) is 9.59 Å². The van der Waals surface area contributed by atoms with Gasteiger partial charge in [0.25, 0.3) is 0 Å². The summed E-state index contributed by atoms with van der Waals surface area (Å²) in [5, 5.41) is 4.97. The maximum absolute atomic E-state index is 12.2. The van der Waals surface area contributed by atoms with Crippen LogP contribution in [0.4, 0.5) is 0 Å². The van der Waals surface area contributed by atoms with E-state index in [0.717, 1.165) is 12.0 Å². The average molecular weight is 345 g/mol. The van der Waals surface area contributed by atoms with E-state index in [1.807, 2.05) is 46.7 Å². The van der Waals surface area contributed by atoms with E-state index in [2.05, 4.69) is 11.4 Å². The van der Waals surface area contributed by atoms with Crippen LogP contribution in [0.25, 0.3) is 0 Å². The Morgan fingerprint density at radius 2 is 1.92 bits per heavy atom. The van der Waals surface area contributed by atoms with Gasteiger partial charge in [0, 0.05) is 30.9 Å². The van der Waals surface area contributed by atoms with Gasteiger partial charge in [-0.1, -0.05) is 36.4 Å². The van der Waals surface area contributed by atoms with Crippen LogP contribution in [0.1, 0.15) is 16.9 Å². The fraction of sp³-hybridized carbons (Fsp3) is 0.333. The maximum Gasteiger partial charge on any atom is 0.234 e. The summed E-state index contributed by atoms with van der Waals surface area (Å²) in [6.45, 7) is 1.97. The number of carbonyl (C=O) groups excluding carboxylic acids is 2. The minimum Gasteiger partial charge on any atom is -0.370 e. The molecule has 0 radical (unpaired) electrons. The minimum atomic E-state index is -0.355. The maximum atomic E-state index is 12.2. The third-order valence-corrected chi connectivity index (χ3v) is 4.50. The summed E-state index contributed by atoms with van der Waals surface area (Å²) in [7, 11) is 0. The fourth-order valence-electron chi connectivity index (χ4n) is 2.36. The highest BCUT2D eigenvalue weighted by Gasteiger charge is 2.12. The third-order valence-electron chi connectivity index (χ3n) is 3.56. The standard InChI is InChI=1S/C18H23N3O2S/c19-17(22)9-11-21(13-15-5-2-1-3-6-15)14-18(23)20-10-8-16-7-4-12-24-16/h1-7,12H,8-11,13-14H2,(H2,19,22)(H,20,23). The molecule has 0 saturated heterocycles. The van der Waals surface area contributed by atoms with Gasteiger partial charge in [0.2, 0.25) is 11.8 Å². The number of amides is 2. The Morgan fingerprint density at radius 1 is 1.12 bits per heavy atom. The first-order chi connectivity index (χ1) is 11.6. The largest absolute Gasteiger partial charge is 0.370 e. The molecule has 1 aromatic carbocycles. The van der Waals surface area contributed by atoms with Crippen LogP contribution in [0.15, 0.2) is 47.8 Å². The Labute approximate surface area is 146 Å². The lowest BCUT2D eigenvalue weighted by atomic mass is 10.2. The molecule has 0 aliphatic heterocycles. The molecule has 0 aliphatic rings. The molecule has 6 heteroatoms. The molecule has 0 saturated carbocycles. The predicted molar refractivity (Wildman–Crippen MR) is 96.6 cm³/mol. The van der Waals surface area contributed by atoms with Crippen LogP contribution >= 0.6 is 11.3 Å². The number of nitrogens with zero attached hydrogens (tertiary/aromatic N) is 1. The Balaban J connectivity index is 1.81. The van der Waals surface area contributed by atoms with Crippen molar-refractivity contribution in [1.29, 1.82) is 0 Å². The third kappa shape index (κ3) is 6.93. The number of hydrogen-bond acceptors (Lipinski definition) is 4. The van der Waals surface area contributed by atoms with E-state index in [0.29, 0.717) is 19.6 Å². The van der Waals surface area contributed by atoms with E-state index in [1.165, 1.54) is 4.88 Å². The summed E-state index contributed by atoms with van der Waals surface area (Å²) >= 11 is 1.69. The molecule has 0 unspecified atom stereocenters. The van der Waals surface area contributed by atoms with Gasteiger partial charge >= 0.3 is 0 Å². The van der Waals surface area contributed by atoms with Crippen molar-refractivity contribution in [3.63, 3.8) is 0 Å². The van der Waals surface area contributed by atoms with Crippen molar-refractivity contribution >= 4 is 23.2 Å². The summed E-state index contributed by atoms with van der Waals surface area (Å²) in [5.41, 5.74) is 6.34. The van der Waals surface area contributed by atoms with Crippen LogP contribution in [0.5, 0.6) is 0 Å². The first kappa shape index (κ1) is 18.2. The summed E-state index contributed by atoms with van der Waals surface area (Å²) in [5.74, 6) is -0.391. The first-order valence-corrected chi connectivity index (χ1v) is 8.85. The van der Waals surface area contributed by atoms with E-state index >= 15 is 0 Å². The number of primary amides is 1. The smallest absolute Gasteiger partial charge is 0.234 e. The second kappa shape index (κ2) is 9.85. The quantitative estimate of drug-likeness (QED) is 0.689. The molecule has 1 heterocycles. The fourth-order valence-corrected chi connectivity index (χ4v) is 3.07. The molecule has 1 aromatic heterocycles.